The number of benzene rings is 1. The maximum Gasteiger partial charge on any atom is 0.414 e. The summed E-state index contributed by atoms with van der Waals surface area (Å²) in [5.41, 5.74) is 6.73. The Bertz CT molecular complexity index is 891. The van der Waals surface area contributed by atoms with E-state index in [0.29, 0.717) is 43.0 Å². The third-order valence-corrected chi connectivity index (χ3v) is 4.27. The summed E-state index contributed by atoms with van der Waals surface area (Å²) in [6.07, 6.45) is 3.55. The number of nitrogens with two attached hydrogens (primary N) is 1. The number of carbonyl (C=O) groups excluding carboxylic acids is 1. The van der Waals surface area contributed by atoms with Gasteiger partial charge < -0.3 is 20.8 Å². The molecule has 28 heavy (non-hydrogen) atoms. The van der Waals surface area contributed by atoms with Gasteiger partial charge in [0.25, 0.3) is 0 Å². The molecule has 9 nitrogen and oxygen atoms in total. The fourth-order valence-corrected chi connectivity index (χ4v) is 2.80. The number of hydrogen-bond donors (Lipinski definition) is 4. The number of guanidine groups is 1. The summed E-state index contributed by atoms with van der Waals surface area (Å²) in [7, 11) is 0. The second kappa shape index (κ2) is 8.42. The molecule has 1 aromatic carbocycles. The number of aromatic nitrogens is 2. The third-order valence-electron chi connectivity index (χ3n) is 4.27. The highest BCUT2D eigenvalue weighted by molar-refractivity contribution is 5.90. The number of carbonyl (C=O) groups is 1. The largest absolute Gasteiger partial charge is 0.444 e. The standard InChI is InChI=1S/C18H20FN7O2/c19-15-11(10-28-18(27)25-16(21)22)2-1-3-14(15)12-8-23-17(24-9-12)26-6-4-13(20)5-7-26/h1-3,8-9,20H,4-7,10H2,(H4,21,22,25,27). The first-order valence-electron chi connectivity index (χ1n) is 8.63. The van der Waals surface area contributed by atoms with E-state index in [1.165, 1.54) is 6.07 Å². The Morgan fingerprint density at radius 2 is 1.96 bits per heavy atom. The zero-order valence-corrected chi connectivity index (χ0v) is 15.0. The molecule has 2 heterocycles. The highest BCUT2D eigenvalue weighted by atomic mass is 19.1. The Kier molecular flexibility index (Phi) is 5.78. The van der Waals surface area contributed by atoms with Gasteiger partial charge in [0.1, 0.15) is 12.4 Å². The zero-order valence-electron chi connectivity index (χ0n) is 15.0. The van der Waals surface area contributed by atoms with E-state index in [0.717, 1.165) is 5.71 Å². The van der Waals surface area contributed by atoms with Crippen LogP contribution in [0.4, 0.5) is 15.1 Å². The maximum absolute atomic E-state index is 14.8. The second-order valence-corrected chi connectivity index (χ2v) is 6.26. The highest BCUT2D eigenvalue weighted by Gasteiger charge is 2.17. The van der Waals surface area contributed by atoms with Gasteiger partial charge in [-0.05, 0) is 0 Å². The number of hydrogen-bond acceptors (Lipinski definition) is 7. The first-order valence-corrected chi connectivity index (χ1v) is 8.63. The molecule has 0 aliphatic carbocycles. The molecule has 0 spiro atoms. The fraction of sp³-hybridized carbons (Fsp3) is 0.278. The normalized spacial score (nSPS) is 13.9. The molecule has 1 aliphatic heterocycles. The third kappa shape index (κ3) is 4.58. The van der Waals surface area contributed by atoms with Crippen molar-refractivity contribution >= 4 is 23.7 Å². The molecule has 0 radical (unpaired) electrons. The summed E-state index contributed by atoms with van der Waals surface area (Å²) in [5.74, 6) is -0.542. The van der Waals surface area contributed by atoms with Crippen molar-refractivity contribution in [2.45, 2.75) is 19.4 Å². The average molecular weight is 385 g/mol. The Morgan fingerprint density at radius 3 is 2.61 bits per heavy atom. The van der Waals surface area contributed by atoms with Crippen LogP contribution in [0.3, 0.4) is 0 Å². The van der Waals surface area contributed by atoms with Crippen molar-refractivity contribution in [2.24, 2.45) is 5.73 Å². The molecule has 5 N–H and O–H groups in total. The van der Waals surface area contributed by atoms with Crippen molar-refractivity contribution in [3.8, 4) is 11.1 Å². The molecule has 3 rings (SSSR count). The van der Waals surface area contributed by atoms with Gasteiger partial charge in [-0.15, -0.1) is 0 Å². The lowest BCUT2D eigenvalue weighted by molar-refractivity contribution is 0.143. The van der Waals surface area contributed by atoms with Gasteiger partial charge >= 0.3 is 6.09 Å². The molecule has 1 aliphatic rings. The summed E-state index contributed by atoms with van der Waals surface area (Å²) in [5, 5.41) is 16.6. The van der Waals surface area contributed by atoms with Crippen LogP contribution in [0.5, 0.6) is 0 Å². The van der Waals surface area contributed by atoms with E-state index in [1.54, 1.807) is 24.5 Å². The number of alkyl carbamates (subject to hydrolysis) is 1. The number of ether oxygens (including phenoxy) is 1. The number of nitrogens with zero attached hydrogens (tertiary/aromatic N) is 3. The van der Waals surface area contributed by atoms with Crippen LogP contribution in [0, 0.1) is 16.6 Å². The van der Waals surface area contributed by atoms with Gasteiger partial charge in [-0.2, -0.15) is 0 Å². The Hall–Kier alpha value is -3.56. The first kappa shape index (κ1) is 19.2. The van der Waals surface area contributed by atoms with Crippen molar-refractivity contribution in [3.63, 3.8) is 0 Å². The number of piperidine rings is 1. The van der Waals surface area contributed by atoms with E-state index in [2.05, 4.69) is 9.97 Å². The molecule has 0 unspecified atom stereocenters. The Morgan fingerprint density at radius 1 is 1.29 bits per heavy atom. The smallest absolute Gasteiger partial charge is 0.414 e. The van der Waals surface area contributed by atoms with E-state index in [-0.39, 0.29) is 12.2 Å². The lowest BCUT2D eigenvalue weighted by Gasteiger charge is -2.27. The summed E-state index contributed by atoms with van der Waals surface area (Å²) in [6, 6.07) is 4.73. The lowest BCUT2D eigenvalue weighted by atomic mass is 10.1. The van der Waals surface area contributed by atoms with Crippen LogP contribution in [-0.2, 0) is 11.3 Å². The van der Waals surface area contributed by atoms with Gasteiger partial charge in [0.15, 0.2) is 5.96 Å². The number of anilines is 1. The predicted molar refractivity (Wildman–Crippen MR) is 102 cm³/mol. The summed E-state index contributed by atoms with van der Waals surface area (Å²) in [6.45, 7) is 1.08. The van der Waals surface area contributed by atoms with Crippen LogP contribution >= 0.6 is 0 Å². The van der Waals surface area contributed by atoms with Crippen molar-refractivity contribution in [3.05, 3.63) is 42.0 Å². The van der Waals surface area contributed by atoms with E-state index >= 15 is 0 Å². The van der Waals surface area contributed by atoms with E-state index in [4.69, 9.17) is 21.3 Å². The van der Waals surface area contributed by atoms with Crippen molar-refractivity contribution in [1.82, 2.24) is 15.3 Å². The van der Waals surface area contributed by atoms with Gasteiger partial charge in [-0.1, -0.05) is 18.2 Å². The monoisotopic (exact) mass is 385 g/mol. The van der Waals surface area contributed by atoms with E-state index in [1.807, 2.05) is 10.2 Å². The lowest BCUT2D eigenvalue weighted by Crippen LogP contribution is -2.36. The van der Waals surface area contributed by atoms with E-state index in [9.17, 15) is 9.18 Å². The number of amides is 1. The van der Waals surface area contributed by atoms with Gasteiger partial charge in [0.2, 0.25) is 5.95 Å². The summed E-state index contributed by atoms with van der Waals surface area (Å²) >= 11 is 0. The van der Waals surface area contributed by atoms with Crippen LogP contribution < -0.4 is 16.0 Å². The summed E-state index contributed by atoms with van der Waals surface area (Å²) in [4.78, 5) is 22.0. The highest BCUT2D eigenvalue weighted by Crippen LogP contribution is 2.25. The second-order valence-electron chi connectivity index (χ2n) is 6.26. The fourth-order valence-electron chi connectivity index (χ4n) is 2.80. The number of nitrogens with one attached hydrogen (secondary N) is 3. The van der Waals surface area contributed by atoms with Gasteiger partial charge in [-0.3, -0.25) is 10.7 Å². The molecule has 10 heteroatoms. The molecule has 1 amide bonds. The van der Waals surface area contributed by atoms with Crippen LogP contribution in [0.1, 0.15) is 18.4 Å². The molecule has 1 fully saturated rings. The van der Waals surface area contributed by atoms with Gasteiger partial charge in [-0.25, -0.2) is 19.2 Å². The molecule has 0 bridgehead atoms. The minimum Gasteiger partial charge on any atom is -0.444 e. The number of halogens is 1. The minimum atomic E-state index is -0.931. The minimum absolute atomic E-state index is 0.176. The molecule has 2 aromatic rings. The van der Waals surface area contributed by atoms with Gasteiger partial charge in [0, 0.05) is 60.7 Å². The average Bonchev–Trinajstić information content (AvgIpc) is 2.67. The topological polar surface area (TPSA) is 141 Å². The molecular formula is C18H20FN7O2. The molecule has 0 atom stereocenters. The molecule has 0 saturated carbocycles. The first-order chi connectivity index (χ1) is 13.4. The van der Waals surface area contributed by atoms with Crippen LogP contribution in [-0.4, -0.2) is 40.8 Å². The van der Waals surface area contributed by atoms with Crippen molar-refractivity contribution in [1.29, 1.82) is 10.8 Å². The van der Waals surface area contributed by atoms with Crippen LogP contribution in [0.2, 0.25) is 0 Å². The molecule has 146 valence electrons. The molecule has 1 aromatic heterocycles. The maximum atomic E-state index is 14.8. The SMILES string of the molecule is N=C1CCN(c2ncc(-c3cccc(COC(=O)NC(=N)N)c3F)cn2)CC1. The van der Waals surface area contributed by atoms with E-state index < -0.39 is 17.9 Å². The van der Waals surface area contributed by atoms with Gasteiger partial charge in [0.05, 0.1) is 0 Å². The van der Waals surface area contributed by atoms with Crippen molar-refractivity contribution in [2.75, 3.05) is 18.0 Å². The van der Waals surface area contributed by atoms with Crippen LogP contribution in [0.25, 0.3) is 11.1 Å². The molecular weight excluding hydrogens is 365 g/mol. The Balaban J connectivity index is 1.72. The van der Waals surface area contributed by atoms with Crippen LogP contribution in [0.15, 0.2) is 30.6 Å². The quantitative estimate of drug-likeness (QED) is 0.469. The summed E-state index contributed by atoms with van der Waals surface area (Å²) < 4.78 is 19.7. The van der Waals surface area contributed by atoms with Crippen molar-refractivity contribution < 1.29 is 13.9 Å². The molecule has 1 saturated heterocycles. The number of rotatable bonds is 4. The Labute approximate surface area is 160 Å². The predicted octanol–water partition coefficient (Wildman–Crippen LogP) is 2.02. The zero-order chi connectivity index (χ0) is 20.1.